The van der Waals surface area contributed by atoms with Gasteiger partial charge in [-0.2, -0.15) is 0 Å². The normalized spacial score (nSPS) is 13.5. The van der Waals surface area contributed by atoms with Crippen LogP contribution in [-0.4, -0.2) is 0 Å². The molecular formula is C37H36S6. The molecule has 0 fully saturated rings. The molecule has 0 saturated carbocycles. The van der Waals surface area contributed by atoms with Crippen molar-refractivity contribution >= 4 is 88.2 Å². The minimum absolute atomic E-state index is 0.203. The van der Waals surface area contributed by atoms with Gasteiger partial charge in [-0.3, -0.25) is 0 Å². The number of benzene rings is 1. The Morgan fingerprint density at radius 1 is 0.465 bits per heavy atom. The second-order valence-electron chi connectivity index (χ2n) is 12.4. The van der Waals surface area contributed by atoms with E-state index in [1.54, 1.807) is 20.9 Å². The first-order chi connectivity index (χ1) is 20.4. The summed E-state index contributed by atoms with van der Waals surface area (Å²) in [4.78, 5) is 14.4. The van der Waals surface area contributed by atoms with Crippen molar-refractivity contribution in [3.05, 3.63) is 87.9 Å². The van der Waals surface area contributed by atoms with E-state index in [-0.39, 0.29) is 5.41 Å². The zero-order valence-corrected chi connectivity index (χ0v) is 31.3. The Morgan fingerprint density at radius 2 is 0.860 bits per heavy atom. The minimum Gasteiger partial charge on any atom is -0.141 e. The summed E-state index contributed by atoms with van der Waals surface area (Å²) in [5.74, 6) is 0. The predicted molar refractivity (Wildman–Crippen MR) is 201 cm³/mol. The number of rotatable bonds is 2. The number of fused-ring (bicyclic) bond motifs is 5. The third-order valence-electron chi connectivity index (χ3n) is 8.90. The molecule has 43 heavy (non-hydrogen) atoms. The molecule has 6 heterocycles. The van der Waals surface area contributed by atoms with Crippen molar-refractivity contribution in [1.29, 1.82) is 0 Å². The van der Waals surface area contributed by atoms with E-state index >= 15 is 0 Å². The molecule has 0 unspecified atom stereocenters. The van der Waals surface area contributed by atoms with Gasteiger partial charge in [0.2, 0.25) is 0 Å². The summed E-state index contributed by atoms with van der Waals surface area (Å²) in [6, 6.07) is 13.9. The van der Waals surface area contributed by atoms with E-state index in [4.69, 9.17) is 0 Å². The first-order valence-corrected chi connectivity index (χ1v) is 19.6. The van der Waals surface area contributed by atoms with Gasteiger partial charge in [0.1, 0.15) is 0 Å². The lowest BCUT2D eigenvalue weighted by molar-refractivity contribution is 0.653. The molecule has 1 aromatic carbocycles. The molecule has 7 aromatic rings. The van der Waals surface area contributed by atoms with Crippen LogP contribution in [0.15, 0.2) is 36.4 Å². The van der Waals surface area contributed by atoms with Crippen LogP contribution in [0.3, 0.4) is 0 Å². The summed E-state index contributed by atoms with van der Waals surface area (Å²) in [5.41, 5.74) is 9.27. The van der Waals surface area contributed by atoms with E-state index in [1.165, 1.54) is 81.4 Å². The Morgan fingerprint density at radius 3 is 1.21 bits per heavy atom. The highest BCUT2D eigenvalue weighted by molar-refractivity contribution is 7.24. The zero-order valence-electron chi connectivity index (χ0n) is 26.4. The van der Waals surface area contributed by atoms with Gasteiger partial charge in [-0.15, -0.1) is 68.0 Å². The van der Waals surface area contributed by atoms with Crippen LogP contribution in [0.25, 0.3) is 50.8 Å². The second kappa shape index (κ2) is 10.5. The van der Waals surface area contributed by atoms with Gasteiger partial charge < -0.3 is 0 Å². The lowest BCUT2D eigenvalue weighted by Gasteiger charge is -2.22. The Hall–Kier alpha value is -2.06. The van der Waals surface area contributed by atoms with Crippen LogP contribution >= 0.6 is 68.0 Å². The lowest BCUT2D eigenvalue weighted by atomic mass is 9.80. The molecule has 0 aliphatic heterocycles. The Balaban J connectivity index is 0.000000153. The van der Waals surface area contributed by atoms with Crippen molar-refractivity contribution in [3.63, 3.8) is 0 Å². The van der Waals surface area contributed by atoms with Crippen molar-refractivity contribution in [2.45, 2.75) is 74.7 Å². The highest BCUT2D eigenvalue weighted by atomic mass is 32.1. The average Bonchev–Trinajstić information content (AvgIpc) is 3.78. The lowest BCUT2D eigenvalue weighted by Crippen LogP contribution is -2.16. The second-order valence-corrected chi connectivity index (χ2v) is 19.9. The number of hydrogen-bond acceptors (Lipinski definition) is 6. The summed E-state index contributed by atoms with van der Waals surface area (Å²) < 4.78 is 2.88. The van der Waals surface area contributed by atoms with Crippen LogP contribution in [-0.2, 0) is 5.41 Å². The van der Waals surface area contributed by atoms with Crippen LogP contribution in [0.1, 0.15) is 65.4 Å². The largest absolute Gasteiger partial charge is 0.141 e. The standard InChI is InChI=1S/C22H18S4.C15H18S2/c1-11-5-7-17(23-11)19-15-9-13(3)26-22(15)20(18-8-6-12(2)24-18)16-10-14(4)25-21(16)19;1-7-9(3)16-13-11(7)15(5,6)12-8(2)10(4)17-14(12)13/h5-10H,1-4H3;1-6H3. The molecule has 0 amide bonds. The van der Waals surface area contributed by atoms with E-state index in [1.807, 2.05) is 68.0 Å². The van der Waals surface area contributed by atoms with Gasteiger partial charge in [-0.1, -0.05) is 13.8 Å². The van der Waals surface area contributed by atoms with Crippen LogP contribution in [0.2, 0.25) is 0 Å². The highest BCUT2D eigenvalue weighted by Crippen LogP contribution is 2.58. The molecule has 1 aliphatic rings. The van der Waals surface area contributed by atoms with Crippen molar-refractivity contribution in [1.82, 2.24) is 0 Å². The third-order valence-corrected chi connectivity index (χ3v) is 15.7. The number of hydrogen-bond donors (Lipinski definition) is 0. The molecule has 6 heteroatoms. The van der Waals surface area contributed by atoms with Crippen LogP contribution in [0, 0.1) is 55.4 Å². The van der Waals surface area contributed by atoms with Crippen molar-refractivity contribution in [2.75, 3.05) is 0 Å². The fraction of sp³-hybridized carbons (Fsp3) is 0.297. The van der Waals surface area contributed by atoms with Gasteiger partial charge in [0.25, 0.3) is 0 Å². The number of thiophene rings is 6. The predicted octanol–water partition coefficient (Wildman–Crippen LogP) is 14.2. The van der Waals surface area contributed by atoms with Gasteiger partial charge in [-0.05, 0) is 114 Å². The molecule has 0 N–H and O–H groups in total. The summed E-state index contributed by atoms with van der Waals surface area (Å²) in [6.45, 7) is 22.7. The molecule has 0 nitrogen and oxygen atoms in total. The SMILES string of the molecule is Cc1ccc(-c2c3cc(C)sc3c(-c3ccc(C)s3)c3cc(C)sc23)s1.Cc1sc2c(c1C)C(C)(C)c1c-2sc(C)c1C. The monoisotopic (exact) mass is 672 g/mol. The van der Waals surface area contributed by atoms with Crippen molar-refractivity contribution in [2.24, 2.45) is 0 Å². The highest BCUT2D eigenvalue weighted by Gasteiger charge is 2.41. The zero-order chi connectivity index (χ0) is 30.5. The molecule has 0 spiro atoms. The van der Waals surface area contributed by atoms with E-state index < -0.39 is 0 Å². The van der Waals surface area contributed by atoms with E-state index in [0.29, 0.717) is 0 Å². The molecule has 1 aliphatic carbocycles. The average molecular weight is 673 g/mol. The molecule has 0 bridgehead atoms. The van der Waals surface area contributed by atoms with Crippen LogP contribution in [0.4, 0.5) is 0 Å². The van der Waals surface area contributed by atoms with E-state index in [0.717, 1.165) is 0 Å². The van der Waals surface area contributed by atoms with Gasteiger partial charge in [0, 0.05) is 85.5 Å². The molecular weight excluding hydrogens is 637 g/mol. The Kier molecular flexibility index (Phi) is 7.24. The first kappa shape index (κ1) is 29.6. The molecule has 6 aromatic heterocycles. The van der Waals surface area contributed by atoms with Crippen molar-refractivity contribution in [3.8, 4) is 30.6 Å². The van der Waals surface area contributed by atoms with Crippen LogP contribution in [0.5, 0.6) is 0 Å². The quantitative estimate of drug-likeness (QED) is 0.171. The van der Waals surface area contributed by atoms with Gasteiger partial charge in [0.05, 0.1) is 0 Å². The maximum absolute atomic E-state index is 2.39. The summed E-state index contributed by atoms with van der Waals surface area (Å²) in [7, 11) is 0. The fourth-order valence-electron chi connectivity index (χ4n) is 6.85. The third kappa shape index (κ3) is 4.59. The molecule has 0 saturated heterocycles. The van der Waals surface area contributed by atoms with Gasteiger partial charge in [0.15, 0.2) is 0 Å². The minimum atomic E-state index is 0.203. The summed E-state index contributed by atoms with van der Waals surface area (Å²) in [5, 5.41) is 2.84. The van der Waals surface area contributed by atoms with Gasteiger partial charge in [-0.25, -0.2) is 0 Å². The maximum atomic E-state index is 2.39. The fourth-order valence-corrected chi connectivity index (χ4v) is 13.8. The summed E-state index contributed by atoms with van der Waals surface area (Å²) in [6.07, 6.45) is 0. The Bertz CT molecular complexity index is 1980. The van der Waals surface area contributed by atoms with E-state index in [9.17, 15) is 0 Å². The topological polar surface area (TPSA) is 0 Å². The molecule has 0 atom stereocenters. The smallest absolute Gasteiger partial charge is 0.0492 e. The maximum Gasteiger partial charge on any atom is 0.0492 e. The molecule has 0 radical (unpaired) electrons. The Labute approximate surface area is 279 Å². The van der Waals surface area contributed by atoms with Crippen LogP contribution < -0.4 is 0 Å². The molecule has 220 valence electrons. The van der Waals surface area contributed by atoms with Gasteiger partial charge >= 0.3 is 0 Å². The first-order valence-electron chi connectivity index (χ1n) is 14.7. The van der Waals surface area contributed by atoms with Crippen molar-refractivity contribution < 1.29 is 0 Å². The number of aryl methyl sites for hydroxylation is 6. The van der Waals surface area contributed by atoms with E-state index in [2.05, 4.69) is 106 Å². The molecule has 8 rings (SSSR count). The summed E-state index contributed by atoms with van der Waals surface area (Å²) >= 11 is 11.7.